The van der Waals surface area contributed by atoms with E-state index in [1.54, 1.807) is 22.7 Å². The molecule has 0 bridgehead atoms. The molecular formula is C27H19N3OS2. The highest BCUT2D eigenvalue weighted by atomic mass is 32.1. The molecule has 0 fully saturated rings. The van der Waals surface area contributed by atoms with Crippen LogP contribution in [0.1, 0.15) is 17.3 Å². The lowest BCUT2D eigenvalue weighted by Gasteiger charge is -2.06. The number of thiophene rings is 1. The lowest BCUT2D eigenvalue weighted by atomic mass is 10.1. The number of aromatic nitrogens is 2. The predicted octanol–water partition coefficient (Wildman–Crippen LogP) is 6.89. The molecule has 6 heteroatoms. The molecular weight excluding hydrogens is 446 g/mol. The molecule has 0 spiro atoms. The number of hydrogen-bond donors (Lipinski definition) is 0. The van der Waals surface area contributed by atoms with Crippen LogP contribution in [0.2, 0.25) is 0 Å². The molecule has 3 aromatic carbocycles. The highest BCUT2D eigenvalue weighted by molar-refractivity contribution is 7.17. The summed E-state index contributed by atoms with van der Waals surface area (Å²) in [5, 5.41) is 5.21. The number of carbonyl (C=O) groups excluding carboxylic acids is 1. The standard InChI is InChI=1S/C27H19N3OS2/c1-2-30-23-14-13-17-8-3-4-9-18(17)25(23)33-27(30)29-26(31)20-16-22(24-12-7-15-32-24)28-21-11-6-5-10-19(20)21/h3-16H,2H2,1H3. The maximum Gasteiger partial charge on any atom is 0.280 e. The number of para-hydroxylation sites is 1. The molecule has 0 saturated carbocycles. The number of amides is 1. The minimum atomic E-state index is -0.246. The molecule has 4 nitrogen and oxygen atoms in total. The highest BCUT2D eigenvalue weighted by Crippen LogP contribution is 2.29. The number of fused-ring (bicyclic) bond motifs is 4. The fourth-order valence-corrected chi connectivity index (χ4v) is 6.15. The van der Waals surface area contributed by atoms with E-state index in [1.807, 2.05) is 53.9 Å². The largest absolute Gasteiger partial charge is 0.317 e. The van der Waals surface area contributed by atoms with E-state index in [2.05, 4.69) is 46.8 Å². The molecule has 3 aromatic heterocycles. The maximum atomic E-state index is 13.6. The van der Waals surface area contributed by atoms with Gasteiger partial charge in [-0.1, -0.05) is 65.9 Å². The number of nitrogens with zero attached hydrogens (tertiary/aromatic N) is 3. The number of rotatable bonds is 3. The van der Waals surface area contributed by atoms with Gasteiger partial charge >= 0.3 is 0 Å². The van der Waals surface area contributed by atoms with Crippen LogP contribution in [0.25, 0.3) is 42.5 Å². The van der Waals surface area contributed by atoms with Crippen molar-refractivity contribution >= 4 is 60.5 Å². The van der Waals surface area contributed by atoms with Crippen LogP contribution >= 0.6 is 22.7 Å². The van der Waals surface area contributed by atoms with Crippen LogP contribution in [0.3, 0.4) is 0 Å². The Hall–Kier alpha value is -3.61. The second-order valence-corrected chi connectivity index (χ2v) is 9.66. The Bertz CT molecular complexity index is 1730. The zero-order valence-electron chi connectivity index (χ0n) is 17.9. The minimum Gasteiger partial charge on any atom is -0.317 e. The van der Waals surface area contributed by atoms with Crippen molar-refractivity contribution in [1.29, 1.82) is 0 Å². The zero-order chi connectivity index (χ0) is 22.4. The summed E-state index contributed by atoms with van der Waals surface area (Å²) in [6, 6.07) is 26.2. The van der Waals surface area contributed by atoms with Gasteiger partial charge in [-0.15, -0.1) is 11.3 Å². The van der Waals surface area contributed by atoms with Crippen molar-refractivity contribution in [3.8, 4) is 10.6 Å². The van der Waals surface area contributed by atoms with Crippen LogP contribution in [0.4, 0.5) is 0 Å². The van der Waals surface area contributed by atoms with Crippen LogP contribution in [0, 0.1) is 0 Å². The van der Waals surface area contributed by atoms with E-state index in [-0.39, 0.29) is 5.91 Å². The van der Waals surface area contributed by atoms with Crippen LogP contribution in [-0.2, 0) is 6.54 Å². The third-order valence-corrected chi connectivity index (χ3v) is 7.83. The second-order valence-electron chi connectivity index (χ2n) is 7.73. The van der Waals surface area contributed by atoms with E-state index in [1.165, 1.54) is 10.8 Å². The van der Waals surface area contributed by atoms with E-state index in [0.717, 1.165) is 38.2 Å². The van der Waals surface area contributed by atoms with Crippen molar-refractivity contribution in [2.75, 3.05) is 0 Å². The normalized spacial score (nSPS) is 12.2. The molecule has 0 aliphatic heterocycles. The number of aryl methyl sites for hydroxylation is 1. The van der Waals surface area contributed by atoms with E-state index in [9.17, 15) is 4.79 Å². The van der Waals surface area contributed by atoms with Gasteiger partial charge in [-0.2, -0.15) is 4.99 Å². The van der Waals surface area contributed by atoms with E-state index in [4.69, 9.17) is 4.98 Å². The van der Waals surface area contributed by atoms with Gasteiger partial charge in [0, 0.05) is 17.3 Å². The Balaban J connectivity index is 1.58. The van der Waals surface area contributed by atoms with Gasteiger partial charge in [-0.25, -0.2) is 4.98 Å². The number of hydrogen-bond acceptors (Lipinski definition) is 4. The first-order valence-corrected chi connectivity index (χ1v) is 12.5. The van der Waals surface area contributed by atoms with Gasteiger partial charge < -0.3 is 4.57 Å². The molecule has 33 heavy (non-hydrogen) atoms. The monoisotopic (exact) mass is 465 g/mol. The molecule has 6 aromatic rings. The number of pyridine rings is 1. The topological polar surface area (TPSA) is 47.2 Å². The van der Waals surface area contributed by atoms with Gasteiger partial charge in [0.15, 0.2) is 4.80 Å². The summed E-state index contributed by atoms with van der Waals surface area (Å²) < 4.78 is 3.27. The van der Waals surface area contributed by atoms with Crippen LogP contribution in [-0.4, -0.2) is 15.5 Å². The van der Waals surface area contributed by atoms with Crippen LogP contribution < -0.4 is 4.80 Å². The lowest BCUT2D eigenvalue weighted by molar-refractivity contribution is 0.0999. The Morgan fingerprint density at radius 1 is 0.970 bits per heavy atom. The molecule has 0 aliphatic rings. The molecule has 1 amide bonds. The predicted molar refractivity (Wildman–Crippen MR) is 138 cm³/mol. The van der Waals surface area contributed by atoms with Crippen molar-refractivity contribution in [2.45, 2.75) is 13.5 Å². The SMILES string of the molecule is CCn1c(=NC(=O)c2cc(-c3cccs3)nc3ccccc23)sc2c3ccccc3ccc21. The van der Waals surface area contributed by atoms with Gasteiger partial charge in [-0.3, -0.25) is 4.79 Å². The molecule has 0 N–H and O–H groups in total. The number of carbonyl (C=O) groups is 1. The summed E-state index contributed by atoms with van der Waals surface area (Å²) in [7, 11) is 0. The highest BCUT2D eigenvalue weighted by Gasteiger charge is 2.15. The Morgan fingerprint density at radius 2 is 1.79 bits per heavy atom. The van der Waals surface area contributed by atoms with Gasteiger partial charge in [0.25, 0.3) is 5.91 Å². The van der Waals surface area contributed by atoms with Crippen molar-refractivity contribution < 1.29 is 4.79 Å². The summed E-state index contributed by atoms with van der Waals surface area (Å²) in [4.78, 5) is 24.7. The molecule has 6 rings (SSSR count). The van der Waals surface area contributed by atoms with Crippen molar-refractivity contribution in [1.82, 2.24) is 9.55 Å². The third-order valence-electron chi connectivity index (χ3n) is 5.81. The smallest absolute Gasteiger partial charge is 0.280 e. The third kappa shape index (κ3) is 3.39. The fraction of sp³-hybridized carbons (Fsp3) is 0.0741. The average Bonchev–Trinajstić information content (AvgIpc) is 3.51. The molecule has 0 saturated heterocycles. The quantitative estimate of drug-likeness (QED) is 0.286. The molecule has 160 valence electrons. The van der Waals surface area contributed by atoms with Gasteiger partial charge in [0.05, 0.1) is 31.9 Å². The first-order valence-electron chi connectivity index (χ1n) is 10.8. The minimum absolute atomic E-state index is 0.246. The second kappa shape index (κ2) is 8.06. The van der Waals surface area contributed by atoms with Crippen molar-refractivity contribution in [3.05, 3.63) is 94.6 Å². The molecule has 0 unspecified atom stereocenters. The van der Waals surface area contributed by atoms with E-state index >= 15 is 0 Å². The Kier molecular flexibility index (Phi) is 4.89. The number of thiazole rings is 1. The molecule has 3 heterocycles. The zero-order valence-corrected chi connectivity index (χ0v) is 19.5. The molecule has 0 aliphatic carbocycles. The Morgan fingerprint density at radius 3 is 2.61 bits per heavy atom. The van der Waals surface area contributed by atoms with Gasteiger partial charge in [0.2, 0.25) is 0 Å². The first kappa shape index (κ1) is 20.0. The average molecular weight is 466 g/mol. The van der Waals surface area contributed by atoms with Crippen molar-refractivity contribution in [3.63, 3.8) is 0 Å². The lowest BCUT2D eigenvalue weighted by Crippen LogP contribution is -2.16. The Labute approximate surface area is 198 Å². The van der Waals surface area contributed by atoms with Crippen LogP contribution in [0.15, 0.2) is 89.2 Å². The molecule has 0 atom stereocenters. The summed E-state index contributed by atoms with van der Waals surface area (Å²) in [6.45, 7) is 2.82. The van der Waals surface area contributed by atoms with E-state index in [0.29, 0.717) is 10.4 Å². The van der Waals surface area contributed by atoms with Gasteiger partial charge in [-0.05, 0) is 42.0 Å². The molecule has 0 radical (unpaired) electrons. The van der Waals surface area contributed by atoms with E-state index < -0.39 is 0 Å². The van der Waals surface area contributed by atoms with Gasteiger partial charge in [0.1, 0.15) is 0 Å². The maximum absolute atomic E-state index is 13.6. The fourth-order valence-electron chi connectivity index (χ4n) is 4.24. The van der Waals surface area contributed by atoms with Crippen LogP contribution in [0.5, 0.6) is 0 Å². The first-order chi connectivity index (χ1) is 16.2. The number of benzene rings is 3. The van der Waals surface area contributed by atoms with Crippen molar-refractivity contribution in [2.24, 2.45) is 4.99 Å². The summed E-state index contributed by atoms with van der Waals surface area (Å²) in [5.41, 5.74) is 3.28. The summed E-state index contributed by atoms with van der Waals surface area (Å²) in [5.74, 6) is -0.246. The summed E-state index contributed by atoms with van der Waals surface area (Å²) >= 11 is 3.18. The summed E-state index contributed by atoms with van der Waals surface area (Å²) in [6.07, 6.45) is 0.